The van der Waals surface area contributed by atoms with Crippen molar-refractivity contribution in [2.75, 3.05) is 7.05 Å². The molecule has 0 saturated heterocycles. The van der Waals surface area contributed by atoms with E-state index in [2.05, 4.69) is 36.2 Å². The summed E-state index contributed by atoms with van der Waals surface area (Å²) < 4.78 is 6.36. The topological polar surface area (TPSA) is 59.9 Å². The molecule has 0 fully saturated rings. The Morgan fingerprint density at radius 1 is 1.24 bits per heavy atom. The predicted molar refractivity (Wildman–Crippen MR) is 66.8 cm³/mol. The number of rotatable bonds is 4. The van der Waals surface area contributed by atoms with E-state index in [-0.39, 0.29) is 0 Å². The SMILES string of the molecule is CNCc1cnc(Oc2cncc(Br)c2)cn1. The van der Waals surface area contributed by atoms with Crippen molar-refractivity contribution in [3.05, 3.63) is 41.0 Å². The number of ether oxygens (including phenoxy) is 1. The van der Waals surface area contributed by atoms with E-state index in [1.54, 1.807) is 24.8 Å². The van der Waals surface area contributed by atoms with Crippen molar-refractivity contribution >= 4 is 15.9 Å². The number of halogens is 1. The van der Waals surface area contributed by atoms with Crippen LogP contribution in [0.15, 0.2) is 35.3 Å². The normalized spacial score (nSPS) is 10.2. The second-order valence-corrected chi connectivity index (χ2v) is 4.23. The monoisotopic (exact) mass is 294 g/mol. The molecule has 5 nitrogen and oxygen atoms in total. The Morgan fingerprint density at radius 3 is 2.76 bits per heavy atom. The first-order chi connectivity index (χ1) is 8.28. The molecule has 0 saturated carbocycles. The zero-order valence-corrected chi connectivity index (χ0v) is 10.8. The van der Waals surface area contributed by atoms with Crippen LogP contribution < -0.4 is 10.1 Å². The molecule has 0 spiro atoms. The third kappa shape index (κ3) is 3.47. The average Bonchev–Trinajstić information content (AvgIpc) is 2.32. The minimum absolute atomic E-state index is 0.449. The van der Waals surface area contributed by atoms with E-state index in [0.29, 0.717) is 18.2 Å². The van der Waals surface area contributed by atoms with Crippen molar-refractivity contribution in [3.63, 3.8) is 0 Å². The summed E-state index contributed by atoms with van der Waals surface area (Å²) in [5.41, 5.74) is 0.868. The summed E-state index contributed by atoms with van der Waals surface area (Å²) in [6.07, 6.45) is 6.58. The molecule has 0 radical (unpaired) electrons. The smallest absolute Gasteiger partial charge is 0.237 e. The van der Waals surface area contributed by atoms with Gasteiger partial charge in [-0.05, 0) is 29.0 Å². The van der Waals surface area contributed by atoms with Crippen LogP contribution in [0.1, 0.15) is 5.69 Å². The van der Waals surface area contributed by atoms with E-state index in [0.717, 1.165) is 10.2 Å². The lowest BCUT2D eigenvalue weighted by Gasteiger charge is -2.04. The summed E-state index contributed by atoms with van der Waals surface area (Å²) in [6, 6.07) is 1.82. The van der Waals surface area contributed by atoms with Gasteiger partial charge in [0.2, 0.25) is 5.88 Å². The Morgan fingerprint density at radius 2 is 2.12 bits per heavy atom. The molecule has 0 aliphatic carbocycles. The molecule has 2 aromatic heterocycles. The second-order valence-electron chi connectivity index (χ2n) is 3.32. The van der Waals surface area contributed by atoms with Crippen LogP contribution in [-0.2, 0) is 6.54 Å². The number of nitrogens with one attached hydrogen (secondary N) is 1. The molecule has 17 heavy (non-hydrogen) atoms. The fourth-order valence-electron chi connectivity index (χ4n) is 1.24. The summed E-state index contributed by atoms with van der Waals surface area (Å²) in [5.74, 6) is 1.07. The lowest BCUT2D eigenvalue weighted by molar-refractivity contribution is 0.456. The van der Waals surface area contributed by atoms with Crippen molar-refractivity contribution < 1.29 is 4.74 Å². The van der Waals surface area contributed by atoms with E-state index >= 15 is 0 Å². The summed E-state index contributed by atoms with van der Waals surface area (Å²) in [5, 5.41) is 3.00. The van der Waals surface area contributed by atoms with Gasteiger partial charge in [-0.1, -0.05) is 0 Å². The highest BCUT2D eigenvalue weighted by Crippen LogP contribution is 2.20. The molecule has 0 aromatic carbocycles. The van der Waals surface area contributed by atoms with Crippen molar-refractivity contribution in [2.24, 2.45) is 0 Å². The van der Waals surface area contributed by atoms with Gasteiger partial charge in [-0.3, -0.25) is 9.97 Å². The van der Waals surface area contributed by atoms with Crippen LogP contribution >= 0.6 is 15.9 Å². The molecule has 2 heterocycles. The maximum Gasteiger partial charge on any atom is 0.237 e. The minimum Gasteiger partial charge on any atom is -0.436 e. The Kier molecular flexibility index (Phi) is 4.00. The standard InChI is InChI=1S/C11H11BrN4O/c1-13-4-9-5-16-11(7-15-9)17-10-2-8(12)3-14-6-10/h2-3,5-7,13H,4H2,1H3. The van der Waals surface area contributed by atoms with Crippen LogP contribution in [0.4, 0.5) is 0 Å². The molecular formula is C11H11BrN4O. The number of nitrogens with zero attached hydrogens (tertiary/aromatic N) is 3. The van der Waals surface area contributed by atoms with Gasteiger partial charge < -0.3 is 10.1 Å². The van der Waals surface area contributed by atoms with Gasteiger partial charge in [-0.25, -0.2) is 4.98 Å². The molecule has 1 N–H and O–H groups in total. The molecule has 0 bridgehead atoms. The van der Waals surface area contributed by atoms with Crippen LogP contribution in [0.2, 0.25) is 0 Å². The Balaban J connectivity index is 2.08. The summed E-state index contributed by atoms with van der Waals surface area (Å²) in [4.78, 5) is 12.4. The lowest BCUT2D eigenvalue weighted by Crippen LogP contribution is -2.07. The van der Waals surface area contributed by atoms with E-state index < -0.39 is 0 Å². The van der Waals surface area contributed by atoms with Crippen molar-refractivity contribution in [3.8, 4) is 11.6 Å². The third-order valence-corrected chi connectivity index (χ3v) is 2.38. The highest BCUT2D eigenvalue weighted by Gasteiger charge is 2.01. The summed E-state index contributed by atoms with van der Waals surface area (Å²) in [7, 11) is 1.86. The highest BCUT2D eigenvalue weighted by atomic mass is 79.9. The molecule has 0 aliphatic heterocycles. The quantitative estimate of drug-likeness (QED) is 0.936. The Labute approximate surface area is 107 Å². The number of pyridine rings is 1. The van der Waals surface area contributed by atoms with E-state index in [4.69, 9.17) is 4.74 Å². The molecule has 0 unspecified atom stereocenters. The molecule has 0 aliphatic rings. The first-order valence-corrected chi connectivity index (χ1v) is 5.81. The van der Waals surface area contributed by atoms with Crippen LogP contribution in [-0.4, -0.2) is 22.0 Å². The molecule has 2 aromatic rings. The largest absolute Gasteiger partial charge is 0.436 e. The average molecular weight is 295 g/mol. The van der Waals surface area contributed by atoms with E-state index in [9.17, 15) is 0 Å². The van der Waals surface area contributed by atoms with Crippen LogP contribution in [0, 0.1) is 0 Å². The third-order valence-electron chi connectivity index (χ3n) is 1.94. The van der Waals surface area contributed by atoms with Gasteiger partial charge in [-0.15, -0.1) is 0 Å². The fourth-order valence-corrected chi connectivity index (χ4v) is 1.58. The van der Waals surface area contributed by atoms with Crippen molar-refractivity contribution in [2.45, 2.75) is 6.54 Å². The second kappa shape index (κ2) is 5.70. The van der Waals surface area contributed by atoms with Gasteiger partial charge in [0.05, 0.1) is 24.3 Å². The molecule has 0 atom stereocenters. The van der Waals surface area contributed by atoms with Gasteiger partial charge in [0.25, 0.3) is 0 Å². The zero-order chi connectivity index (χ0) is 12.1. The van der Waals surface area contributed by atoms with Gasteiger partial charge >= 0.3 is 0 Å². The highest BCUT2D eigenvalue weighted by molar-refractivity contribution is 9.10. The minimum atomic E-state index is 0.449. The fraction of sp³-hybridized carbons (Fsp3) is 0.182. The van der Waals surface area contributed by atoms with Crippen LogP contribution in [0.25, 0.3) is 0 Å². The summed E-state index contributed by atoms with van der Waals surface area (Å²) >= 11 is 3.32. The van der Waals surface area contributed by atoms with E-state index in [1.165, 1.54) is 0 Å². The zero-order valence-electron chi connectivity index (χ0n) is 9.22. The maximum absolute atomic E-state index is 5.51. The van der Waals surface area contributed by atoms with Crippen LogP contribution in [0.3, 0.4) is 0 Å². The van der Waals surface area contributed by atoms with Gasteiger partial charge in [-0.2, -0.15) is 0 Å². The van der Waals surface area contributed by atoms with Crippen molar-refractivity contribution in [1.82, 2.24) is 20.3 Å². The lowest BCUT2D eigenvalue weighted by atomic mass is 10.4. The maximum atomic E-state index is 5.51. The molecular weight excluding hydrogens is 284 g/mol. The number of aromatic nitrogens is 3. The van der Waals surface area contributed by atoms with Crippen LogP contribution in [0.5, 0.6) is 11.6 Å². The number of hydrogen-bond acceptors (Lipinski definition) is 5. The Hall–Kier alpha value is -1.53. The number of hydrogen-bond donors (Lipinski definition) is 1. The van der Waals surface area contributed by atoms with E-state index in [1.807, 2.05) is 13.1 Å². The van der Waals surface area contributed by atoms with Gasteiger partial charge in [0.1, 0.15) is 5.75 Å². The first kappa shape index (κ1) is 11.9. The predicted octanol–water partition coefficient (Wildman–Crippen LogP) is 2.15. The summed E-state index contributed by atoms with van der Waals surface area (Å²) in [6.45, 7) is 0.686. The molecule has 88 valence electrons. The van der Waals surface area contributed by atoms with Gasteiger partial charge in [0, 0.05) is 17.2 Å². The van der Waals surface area contributed by atoms with Crippen molar-refractivity contribution in [1.29, 1.82) is 0 Å². The Bertz CT molecular complexity index is 489. The van der Waals surface area contributed by atoms with Gasteiger partial charge in [0.15, 0.2) is 0 Å². The molecule has 6 heteroatoms. The first-order valence-electron chi connectivity index (χ1n) is 5.02. The molecule has 0 amide bonds. The molecule has 2 rings (SSSR count).